The van der Waals surface area contributed by atoms with Gasteiger partial charge in [0.25, 0.3) is 0 Å². The molecule has 0 fully saturated rings. The Morgan fingerprint density at radius 1 is 1.30 bits per heavy atom. The van der Waals surface area contributed by atoms with Crippen LogP contribution in [-0.2, 0) is 25.5 Å². The SMILES string of the molecule is COC(=O)C1=C(C)NC(=O)C[C@H]1C(=O)NCCc1ccccc1. The molecule has 2 N–H and O–H groups in total. The summed E-state index contributed by atoms with van der Waals surface area (Å²) >= 11 is 0. The number of esters is 1. The molecule has 122 valence electrons. The second-order valence-corrected chi connectivity index (χ2v) is 5.36. The van der Waals surface area contributed by atoms with Crippen molar-refractivity contribution in [3.63, 3.8) is 0 Å². The predicted molar refractivity (Wildman–Crippen MR) is 84.1 cm³/mol. The minimum absolute atomic E-state index is 0.0566. The van der Waals surface area contributed by atoms with Gasteiger partial charge in [-0.2, -0.15) is 0 Å². The summed E-state index contributed by atoms with van der Waals surface area (Å²) in [5, 5.41) is 5.36. The monoisotopic (exact) mass is 316 g/mol. The number of hydrogen-bond acceptors (Lipinski definition) is 4. The largest absolute Gasteiger partial charge is 0.466 e. The molecule has 1 atom stereocenters. The Labute approximate surface area is 134 Å². The summed E-state index contributed by atoms with van der Waals surface area (Å²) in [4.78, 5) is 35.9. The predicted octanol–water partition coefficient (Wildman–Crippen LogP) is 0.928. The molecule has 0 radical (unpaired) electrons. The van der Waals surface area contributed by atoms with Gasteiger partial charge in [-0.05, 0) is 18.9 Å². The van der Waals surface area contributed by atoms with E-state index in [9.17, 15) is 14.4 Å². The molecule has 1 heterocycles. The van der Waals surface area contributed by atoms with Gasteiger partial charge in [0.2, 0.25) is 11.8 Å². The van der Waals surface area contributed by atoms with E-state index in [-0.39, 0.29) is 23.8 Å². The van der Waals surface area contributed by atoms with Gasteiger partial charge in [0.15, 0.2) is 0 Å². The zero-order valence-corrected chi connectivity index (χ0v) is 13.2. The molecule has 0 saturated carbocycles. The van der Waals surface area contributed by atoms with Crippen molar-refractivity contribution in [2.75, 3.05) is 13.7 Å². The van der Waals surface area contributed by atoms with Crippen molar-refractivity contribution in [2.45, 2.75) is 19.8 Å². The lowest BCUT2D eigenvalue weighted by molar-refractivity contribution is -0.139. The van der Waals surface area contributed by atoms with Gasteiger partial charge in [0, 0.05) is 18.7 Å². The summed E-state index contributed by atoms with van der Waals surface area (Å²) in [6.07, 6.45) is 0.626. The summed E-state index contributed by atoms with van der Waals surface area (Å²) in [6, 6.07) is 9.75. The van der Waals surface area contributed by atoms with Crippen molar-refractivity contribution in [1.29, 1.82) is 0 Å². The van der Waals surface area contributed by atoms with Crippen LogP contribution in [0.5, 0.6) is 0 Å². The lowest BCUT2D eigenvalue weighted by Crippen LogP contribution is -2.43. The number of benzene rings is 1. The number of hydrogen-bond donors (Lipinski definition) is 2. The van der Waals surface area contributed by atoms with Gasteiger partial charge in [0.05, 0.1) is 18.6 Å². The molecule has 1 aromatic carbocycles. The molecule has 2 rings (SSSR count). The van der Waals surface area contributed by atoms with Gasteiger partial charge < -0.3 is 15.4 Å². The maximum atomic E-state index is 12.4. The van der Waals surface area contributed by atoms with Crippen LogP contribution < -0.4 is 10.6 Å². The Balaban J connectivity index is 2.02. The van der Waals surface area contributed by atoms with Crippen molar-refractivity contribution < 1.29 is 19.1 Å². The third kappa shape index (κ3) is 4.18. The Hall–Kier alpha value is -2.63. The van der Waals surface area contributed by atoms with E-state index in [2.05, 4.69) is 10.6 Å². The fraction of sp³-hybridized carbons (Fsp3) is 0.353. The van der Waals surface area contributed by atoms with Crippen LogP contribution in [0, 0.1) is 5.92 Å². The topological polar surface area (TPSA) is 84.5 Å². The maximum Gasteiger partial charge on any atom is 0.336 e. The summed E-state index contributed by atoms with van der Waals surface area (Å²) in [6.45, 7) is 2.03. The van der Waals surface area contributed by atoms with Crippen LogP contribution in [-0.4, -0.2) is 31.4 Å². The molecule has 1 aliphatic rings. The first-order chi connectivity index (χ1) is 11.0. The average Bonchev–Trinajstić information content (AvgIpc) is 2.54. The van der Waals surface area contributed by atoms with E-state index in [0.29, 0.717) is 18.7 Å². The average molecular weight is 316 g/mol. The number of carbonyl (C=O) groups is 3. The van der Waals surface area contributed by atoms with Crippen LogP contribution in [0.3, 0.4) is 0 Å². The molecule has 6 nitrogen and oxygen atoms in total. The van der Waals surface area contributed by atoms with Gasteiger partial charge in [-0.3, -0.25) is 9.59 Å². The summed E-state index contributed by atoms with van der Waals surface area (Å²) in [7, 11) is 1.25. The standard InChI is InChI=1S/C17H20N2O4/c1-11-15(17(22)23-2)13(10-14(20)19-11)16(21)18-9-8-12-6-4-3-5-7-12/h3-7,13H,8-10H2,1-2H3,(H,18,21)(H,19,20)/t13-/m1/s1. The molecule has 6 heteroatoms. The molecule has 0 aliphatic carbocycles. The van der Waals surface area contributed by atoms with E-state index in [0.717, 1.165) is 5.56 Å². The third-order valence-electron chi connectivity index (χ3n) is 3.75. The smallest absolute Gasteiger partial charge is 0.336 e. The van der Waals surface area contributed by atoms with Crippen LogP contribution in [0.1, 0.15) is 18.9 Å². The molecule has 0 spiro atoms. The highest BCUT2D eigenvalue weighted by molar-refractivity contribution is 6.02. The minimum atomic E-state index is -0.813. The summed E-state index contributed by atoms with van der Waals surface area (Å²) < 4.78 is 4.72. The minimum Gasteiger partial charge on any atom is -0.466 e. The lowest BCUT2D eigenvalue weighted by atomic mass is 9.89. The first-order valence-corrected chi connectivity index (χ1v) is 7.43. The number of ether oxygens (including phenoxy) is 1. The third-order valence-corrected chi connectivity index (χ3v) is 3.75. The van der Waals surface area contributed by atoms with Crippen LogP contribution in [0.25, 0.3) is 0 Å². The maximum absolute atomic E-state index is 12.4. The number of allylic oxidation sites excluding steroid dienone is 1. The van der Waals surface area contributed by atoms with Crippen molar-refractivity contribution in [1.82, 2.24) is 10.6 Å². The second kappa shape index (κ2) is 7.58. The van der Waals surface area contributed by atoms with Gasteiger partial charge in [-0.25, -0.2) is 4.79 Å². The van der Waals surface area contributed by atoms with Crippen molar-refractivity contribution in [2.24, 2.45) is 5.92 Å². The fourth-order valence-corrected chi connectivity index (χ4v) is 2.60. The lowest BCUT2D eigenvalue weighted by Gasteiger charge is -2.25. The highest BCUT2D eigenvalue weighted by atomic mass is 16.5. The molecule has 23 heavy (non-hydrogen) atoms. The fourth-order valence-electron chi connectivity index (χ4n) is 2.60. The van der Waals surface area contributed by atoms with Crippen LogP contribution in [0.4, 0.5) is 0 Å². The molecule has 0 aromatic heterocycles. The molecular formula is C17H20N2O4. The Morgan fingerprint density at radius 3 is 2.65 bits per heavy atom. The second-order valence-electron chi connectivity index (χ2n) is 5.36. The van der Waals surface area contributed by atoms with E-state index in [4.69, 9.17) is 4.74 Å². The number of rotatable bonds is 5. The van der Waals surface area contributed by atoms with Crippen LogP contribution in [0.15, 0.2) is 41.6 Å². The zero-order valence-electron chi connectivity index (χ0n) is 13.2. The van der Waals surface area contributed by atoms with Gasteiger partial charge >= 0.3 is 5.97 Å². The van der Waals surface area contributed by atoms with Crippen LogP contribution in [0.2, 0.25) is 0 Å². The van der Waals surface area contributed by atoms with E-state index >= 15 is 0 Å². The number of carbonyl (C=O) groups excluding carboxylic acids is 3. The first-order valence-electron chi connectivity index (χ1n) is 7.43. The van der Waals surface area contributed by atoms with Crippen molar-refractivity contribution in [3.8, 4) is 0 Å². The Kier molecular flexibility index (Phi) is 5.51. The van der Waals surface area contributed by atoms with Gasteiger partial charge in [0.1, 0.15) is 0 Å². The summed E-state index contributed by atoms with van der Waals surface area (Å²) in [5.74, 6) is -2.02. The zero-order chi connectivity index (χ0) is 16.8. The molecule has 1 aromatic rings. The normalized spacial score (nSPS) is 17.5. The number of amides is 2. The van der Waals surface area contributed by atoms with E-state index in [1.54, 1.807) is 6.92 Å². The van der Waals surface area contributed by atoms with E-state index < -0.39 is 11.9 Å². The number of nitrogens with one attached hydrogen (secondary N) is 2. The number of methoxy groups -OCH3 is 1. The first kappa shape index (κ1) is 16.7. The van der Waals surface area contributed by atoms with Gasteiger partial charge in [-0.15, -0.1) is 0 Å². The molecule has 0 bridgehead atoms. The molecule has 2 amide bonds. The Bertz CT molecular complexity index is 637. The molecular weight excluding hydrogens is 296 g/mol. The molecule has 1 aliphatic heterocycles. The van der Waals surface area contributed by atoms with E-state index in [1.165, 1.54) is 7.11 Å². The Morgan fingerprint density at radius 2 is 2.00 bits per heavy atom. The molecule has 0 unspecified atom stereocenters. The quantitative estimate of drug-likeness (QED) is 0.792. The van der Waals surface area contributed by atoms with Crippen LogP contribution >= 0.6 is 0 Å². The van der Waals surface area contributed by atoms with Crippen molar-refractivity contribution >= 4 is 17.8 Å². The highest BCUT2D eigenvalue weighted by Gasteiger charge is 2.35. The highest BCUT2D eigenvalue weighted by Crippen LogP contribution is 2.24. The molecule has 0 saturated heterocycles. The van der Waals surface area contributed by atoms with E-state index in [1.807, 2.05) is 30.3 Å². The van der Waals surface area contributed by atoms with Gasteiger partial charge in [-0.1, -0.05) is 30.3 Å². The summed E-state index contributed by atoms with van der Waals surface area (Å²) in [5.41, 5.74) is 1.69. The van der Waals surface area contributed by atoms with Crippen molar-refractivity contribution in [3.05, 3.63) is 47.2 Å².